The summed E-state index contributed by atoms with van der Waals surface area (Å²) in [5.41, 5.74) is -0.527. The van der Waals surface area contributed by atoms with Crippen molar-refractivity contribution in [3.05, 3.63) is 0 Å². The Balaban J connectivity index is 1.78. The van der Waals surface area contributed by atoms with Crippen molar-refractivity contribution in [2.75, 3.05) is 46.4 Å². The Bertz CT molecular complexity index is 301. The molecule has 5 heteroatoms. The molecular formula is C13H24N2O3. The first-order valence-corrected chi connectivity index (χ1v) is 6.75. The molecule has 1 unspecified atom stereocenters. The van der Waals surface area contributed by atoms with E-state index in [-0.39, 0.29) is 6.10 Å². The van der Waals surface area contributed by atoms with Crippen molar-refractivity contribution in [3.63, 3.8) is 0 Å². The van der Waals surface area contributed by atoms with Crippen molar-refractivity contribution in [3.8, 4) is 0 Å². The van der Waals surface area contributed by atoms with E-state index in [2.05, 4.69) is 16.8 Å². The predicted molar refractivity (Wildman–Crippen MR) is 68.7 cm³/mol. The molecule has 0 aromatic carbocycles. The summed E-state index contributed by atoms with van der Waals surface area (Å²) < 4.78 is 5.75. The molecule has 2 heterocycles. The molecule has 5 nitrogen and oxygen atoms in total. The average Bonchev–Trinajstić information content (AvgIpc) is 2.32. The Hall–Kier alpha value is -0.650. The lowest BCUT2D eigenvalue weighted by atomic mass is 9.80. The number of hydrogen-bond acceptors (Lipinski definition) is 4. The molecular weight excluding hydrogens is 232 g/mol. The van der Waals surface area contributed by atoms with E-state index in [1.807, 2.05) is 6.92 Å². The number of aliphatic carboxylic acids is 1. The lowest BCUT2D eigenvalue weighted by Gasteiger charge is -2.39. The van der Waals surface area contributed by atoms with Gasteiger partial charge < -0.3 is 19.6 Å². The van der Waals surface area contributed by atoms with Crippen LogP contribution >= 0.6 is 0 Å². The Kier molecular flexibility index (Phi) is 4.25. The summed E-state index contributed by atoms with van der Waals surface area (Å²) in [4.78, 5) is 15.8. The lowest BCUT2D eigenvalue weighted by Crippen LogP contribution is -2.49. The zero-order valence-corrected chi connectivity index (χ0v) is 11.4. The van der Waals surface area contributed by atoms with Crippen molar-refractivity contribution >= 4 is 5.97 Å². The third-order valence-corrected chi connectivity index (χ3v) is 4.28. The van der Waals surface area contributed by atoms with Crippen LogP contribution in [0.5, 0.6) is 0 Å². The second-order valence-corrected chi connectivity index (χ2v) is 5.92. The maximum absolute atomic E-state index is 11.2. The van der Waals surface area contributed by atoms with E-state index in [0.29, 0.717) is 0 Å². The summed E-state index contributed by atoms with van der Waals surface area (Å²) in [5, 5.41) is 9.19. The molecule has 1 atom stereocenters. The van der Waals surface area contributed by atoms with Gasteiger partial charge in [-0.3, -0.25) is 4.79 Å². The fourth-order valence-electron chi connectivity index (χ4n) is 2.71. The number of carboxylic acid groups (broad SMARTS) is 1. The molecule has 2 aliphatic rings. The van der Waals surface area contributed by atoms with Crippen LogP contribution in [0.15, 0.2) is 0 Å². The molecule has 0 saturated carbocycles. The quantitative estimate of drug-likeness (QED) is 0.797. The number of rotatable bonds is 3. The first kappa shape index (κ1) is 13.8. The minimum Gasteiger partial charge on any atom is -0.481 e. The van der Waals surface area contributed by atoms with Gasteiger partial charge in [0.15, 0.2) is 0 Å². The second-order valence-electron chi connectivity index (χ2n) is 5.92. The van der Waals surface area contributed by atoms with Gasteiger partial charge in [0.05, 0.1) is 18.1 Å². The van der Waals surface area contributed by atoms with Gasteiger partial charge in [-0.2, -0.15) is 0 Å². The third kappa shape index (κ3) is 3.22. The molecule has 18 heavy (non-hydrogen) atoms. The SMILES string of the molecule is CN1CCOC(CN2CCC(C)(C(=O)O)CC2)C1. The Labute approximate surface area is 109 Å². The molecule has 104 valence electrons. The molecule has 0 aliphatic carbocycles. The van der Waals surface area contributed by atoms with Gasteiger partial charge in [0.2, 0.25) is 0 Å². The zero-order chi connectivity index (χ0) is 13.2. The fraction of sp³-hybridized carbons (Fsp3) is 0.923. The monoisotopic (exact) mass is 256 g/mol. The van der Waals surface area contributed by atoms with Crippen LogP contribution in [0, 0.1) is 5.41 Å². The number of carboxylic acids is 1. The van der Waals surface area contributed by atoms with Gasteiger partial charge in [-0.1, -0.05) is 0 Å². The average molecular weight is 256 g/mol. The first-order valence-electron chi connectivity index (χ1n) is 6.75. The van der Waals surface area contributed by atoms with Crippen LogP contribution in [0.3, 0.4) is 0 Å². The molecule has 0 bridgehead atoms. The Morgan fingerprint density at radius 2 is 2.06 bits per heavy atom. The van der Waals surface area contributed by atoms with Crippen LogP contribution in [-0.2, 0) is 9.53 Å². The van der Waals surface area contributed by atoms with E-state index in [1.54, 1.807) is 0 Å². The van der Waals surface area contributed by atoms with Gasteiger partial charge >= 0.3 is 5.97 Å². The summed E-state index contributed by atoms with van der Waals surface area (Å²) in [5.74, 6) is -0.657. The Morgan fingerprint density at radius 3 is 2.61 bits per heavy atom. The molecule has 0 aromatic rings. The highest BCUT2D eigenvalue weighted by molar-refractivity contribution is 5.74. The van der Waals surface area contributed by atoms with Gasteiger partial charge in [0, 0.05) is 19.6 Å². The number of carbonyl (C=O) groups is 1. The number of ether oxygens (including phenoxy) is 1. The van der Waals surface area contributed by atoms with Crippen molar-refractivity contribution in [1.82, 2.24) is 9.80 Å². The summed E-state index contributed by atoms with van der Waals surface area (Å²) >= 11 is 0. The molecule has 2 aliphatic heterocycles. The van der Waals surface area contributed by atoms with E-state index < -0.39 is 11.4 Å². The molecule has 2 rings (SSSR count). The van der Waals surface area contributed by atoms with Crippen molar-refractivity contribution < 1.29 is 14.6 Å². The second kappa shape index (κ2) is 5.55. The molecule has 0 aromatic heterocycles. The largest absolute Gasteiger partial charge is 0.481 e. The summed E-state index contributed by atoms with van der Waals surface area (Å²) in [6.07, 6.45) is 1.76. The molecule has 2 saturated heterocycles. The van der Waals surface area contributed by atoms with E-state index >= 15 is 0 Å². The smallest absolute Gasteiger partial charge is 0.309 e. The van der Waals surface area contributed by atoms with Crippen LogP contribution in [0.25, 0.3) is 0 Å². The van der Waals surface area contributed by atoms with Crippen LogP contribution in [0.2, 0.25) is 0 Å². The van der Waals surface area contributed by atoms with Gasteiger partial charge in [-0.25, -0.2) is 0 Å². The van der Waals surface area contributed by atoms with Gasteiger partial charge in [-0.05, 0) is 39.9 Å². The van der Waals surface area contributed by atoms with E-state index in [1.165, 1.54) is 0 Å². The van der Waals surface area contributed by atoms with Crippen LogP contribution in [-0.4, -0.2) is 73.4 Å². The summed E-state index contributed by atoms with van der Waals surface area (Å²) in [6.45, 7) is 7.32. The van der Waals surface area contributed by atoms with Gasteiger partial charge in [0.1, 0.15) is 0 Å². The van der Waals surface area contributed by atoms with Crippen LogP contribution in [0.1, 0.15) is 19.8 Å². The van der Waals surface area contributed by atoms with Crippen molar-refractivity contribution in [2.45, 2.75) is 25.9 Å². The molecule has 1 N–H and O–H groups in total. The summed E-state index contributed by atoms with van der Waals surface area (Å²) in [6, 6.07) is 0. The molecule has 0 spiro atoms. The lowest BCUT2D eigenvalue weighted by molar-refractivity contribution is -0.151. The van der Waals surface area contributed by atoms with Crippen LogP contribution < -0.4 is 0 Å². The number of likely N-dealkylation sites (tertiary alicyclic amines) is 1. The number of hydrogen-bond donors (Lipinski definition) is 1. The third-order valence-electron chi connectivity index (χ3n) is 4.28. The number of piperidine rings is 1. The fourth-order valence-corrected chi connectivity index (χ4v) is 2.71. The number of nitrogens with zero attached hydrogens (tertiary/aromatic N) is 2. The number of likely N-dealkylation sites (N-methyl/N-ethyl adjacent to an activating group) is 1. The predicted octanol–water partition coefficient (Wildman–Crippen LogP) is 0.504. The minimum atomic E-state index is -0.657. The van der Waals surface area contributed by atoms with E-state index in [9.17, 15) is 9.90 Å². The minimum absolute atomic E-state index is 0.276. The molecule has 0 radical (unpaired) electrons. The number of morpholine rings is 1. The van der Waals surface area contributed by atoms with Gasteiger partial charge in [0.25, 0.3) is 0 Å². The highest BCUT2D eigenvalue weighted by Gasteiger charge is 2.37. The molecule has 2 fully saturated rings. The first-order chi connectivity index (χ1) is 8.49. The van der Waals surface area contributed by atoms with E-state index in [0.717, 1.165) is 52.2 Å². The maximum Gasteiger partial charge on any atom is 0.309 e. The van der Waals surface area contributed by atoms with Crippen LogP contribution in [0.4, 0.5) is 0 Å². The standard InChI is InChI=1S/C13H24N2O3/c1-13(12(16)17)3-5-15(6-4-13)10-11-9-14(2)7-8-18-11/h11H,3-10H2,1-2H3,(H,16,17). The normalized spacial score (nSPS) is 30.2. The van der Waals surface area contributed by atoms with Crippen molar-refractivity contribution in [1.29, 1.82) is 0 Å². The molecule has 0 amide bonds. The topological polar surface area (TPSA) is 53.0 Å². The zero-order valence-electron chi connectivity index (χ0n) is 11.4. The van der Waals surface area contributed by atoms with Crippen molar-refractivity contribution in [2.24, 2.45) is 5.41 Å². The maximum atomic E-state index is 11.2. The van der Waals surface area contributed by atoms with E-state index in [4.69, 9.17) is 4.74 Å². The van der Waals surface area contributed by atoms with Gasteiger partial charge in [-0.15, -0.1) is 0 Å². The Morgan fingerprint density at radius 1 is 1.39 bits per heavy atom. The highest BCUT2D eigenvalue weighted by Crippen LogP contribution is 2.31. The highest BCUT2D eigenvalue weighted by atomic mass is 16.5. The summed E-state index contributed by atoms with van der Waals surface area (Å²) in [7, 11) is 2.12.